The number of carboxylic acids is 1. The zero-order chi connectivity index (χ0) is 26.4. The molecule has 1 spiro atoms. The molecule has 1 unspecified atom stereocenters. The number of amides is 1. The van der Waals surface area contributed by atoms with Gasteiger partial charge in [-0.25, -0.2) is 9.78 Å². The molecule has 3 aromatic rings. The predicted octanol–water partition coefficient (Wildman–Crippen LogP) is 5.49. The van der Waals surface area contributed by atoms with Crippen molar-refractivity contribution in [3.05, 3.63) is 59.4 Å². The van der Waals surface area contributed by atoms with E-state index in [1.165, 1.54) is 7.11 Å². The van der Waals surface area contributed by atoms with Gasteiger partial charge in [0, 0.05) is 29.5 Å². The van der Waals surface area contributed by atoms with Crippen LogP contribution < -0.4 is 4.90 Å². The molecule has 200 valence electrons. The largest absolute Gasteiger partial charge is 0.481 e. The molecule has 1 aromatic heterocycles. The van der Waals surface area contributed by atoms with Crippen LogP contribution in [-0.2, 0) is 27.1 Å². The monoisotopic (exact) mass is 517 g/mol. The number of carbonyl (C=O) groups is 2. The number of hydrogen-bond donors (Lipinski definition) is 1. The zero-order valence-electron chi connectivity index (χ0n) is 22.1. The van der Waals surface area contributed by atoms with Gasteiger partial charge >= 0.3 is 12.1 Å². The van der Waals surface area contributed by atoms with Crippen LogP contribution in [0.1, 0.15) is 67.9 Å². The molecule has 3 heterocycles. The summed E-state index contributed by atoms with van der Waals surface area (Å²) in [4.78, 5) is 32.0. The number of rotatable bonds is 5. The van der Waals surface area contributed by atoms with Crippen molar-refractivity contribution < 1.29 is 24.2 Å². The molecule has 8 heteroatoms. The molecule has 0 radical (unpaired) electrons. The Kier molecular flexibility index (Phi) is 6.38. The Morgan fingerprint density at radius 2 is 1.87 bits per heavy atom. The van der Waals surface area contributed by atoms with Gasteiger partial charge in [-0.1, -0.05) is 30.3 Å². The summed E-state index contributed by atoms with van der Waals surface area (Å²) in [5.74, 6) is -0.736. The summed E-state index contributed by atoms with van der Waals surface area (Å²) in [5, 5.41) is 10.2. The van der Waals surface area contributed by atoms with Crippen molar-refractivity contribution in [2.75, 3.05) is 25.2 Å². The van der Waals surface area contributed by atoms with Gasteiger partial charge < -0.3 is 19.1 Å². The molecule has 0 bridgehead atoms. The minimum absolute atomic E-state index is 0.0302. The van der Waals surface area contributed by atoms with E-state index in [1.807, 2.05) is 43.3 Å². The van der Waals surface area contributed by atoms with Crippen LogP contribution in [-0.4, -0.2) is 53.1 Å². The summed E-state index contributed by atoms with van der Waals surface area (Å²) in [6.07, 6.45) is 5.83. The number of carbonyl (C=O) groups excluding carboxylic acids is 1. The first-order valence-electron chi connectivity index (χ1n) is 13.7. The molecule has 2 atom stereocenters. The van der Waals surface area contributed by atoms with Gasteiger partial charge in [-0.2, -0.15) is 0 Å². The quantitative estimate of drug-likeness (QED) is 0.481. The lowest BCUT2D eigenvalue weighted by atomic mass is 9.71. The highest BCUT2D eigenvalue weighted by Gasteiger charge is 2.43. The topological polar surface area (TPSA) is 93.9 Å². The Labute approximate surface area is 222 Å². The Morgan fingerprint density at radius 3 is 2.50 bits per heavy atom. The fraction of sp³-hybridized carbons (Fsp3) is 0.500. The molecule has 1 N–H and O–H groups in total. The van der Waals surface area contributed by atoms with Crippen molar-refractivity contribution in [3.8, 4) is 0 Å². The Morgan fingerprint density at radius 1 is 1.13 bits per heavy atom. The molecule has 8 nitrogen and oxygen atoms in total. The second-order valence-electron chi connectivity index (χ2n) is 11.3. The number of carboxylic acid groups (broad SMARTS) is 1. The standard InChI is InChI=1S/C30H35N3O5/c1-19-8-9-22-24(32(19)29(36)37-2)10-11-25-27(22)31-26(16-23(28(34)35)20-6-4-3-5-7-20)33(25)21-12-14-30(15-13-21)17-38-18-30/h3-7,10-11,19,21,23H,8-9,12-18H2,1-2H3,(H,34,35)/t19-,23?/m0/s1. The van der Waals surface area contributed by atoms with Crippen molar-refractivity contribution >= 4 is 28.8 Å². The SMILES string of the molecule is COC(=O)N1c2ccc3c(nc(CC(C(=O)O)c4ccccc4)n3C3CCC4(CC3)COC4)c2CC[C@@H]1C. The fourth-order valence-corrected chi connectivity index (χ4v) is 6.74. The average molecular weight is 518 g/mol. The number of fused-ring (bicyclic) bond motifs is 3. The third-order valence-corrected chi connectivity index (χ3v) is 8.98. The van der Waals surface area contributed by atoms with Crippen LogP contribution in [0.2, 0.25) is 0 Å². The van der Waals surface area contributed by atoms with Gasteiger partial charge in [0.25, 0.3) is 0 Å². The Balaban J connectivity index is 1.46. The molecule has 1 saturated carbocycles. The maximum Gasteiger partial charge on any atom is 0.414 e. The Hall–Kier alpha value is -3.39. The van der Waals surface area contributed by atoms with Crippen molar-refractivity contribution in [2.45, 2.75) is 69.9 Å². The van der Waals surface area contributed by atoms with Crippen LogP contribution in [0.15, 0.2) is 42.5 Å². The van der Waals surface area contributed by atoms with E-state index in [1.54, 1.807) is 4.90 Å². The van der Waals surface area contributed by atoms with E-state index in [4.69, 9.17) is 14.5 Å². The van der Waals surface area contributed by atoms with Crippen molar-refractivity contribution in [1.82, 2.24) is 9.55 Å². The number of aryl methyl sites for hydroxylation is 1. The summed E-state index contributed by atoms with van der Waals surface area (Å²) in [7, 11) is 1.41. The molecule has 2 aliphatic heterocycles. The first-order valence-corrected chi connectivity index (χ1v) is 13.7. The predicted molar refractivity (Wildman–Crippen MR) is 144 cm³/mol. The number of benzene rings is 2. The second kappa shape index (κ2) is 9.73. The minimum atomic E-state index is -0.850. The third-order valence-electron chi connectivity index (χ3n) is 8.98. The molecule has 38 heavy (non-hydrogen) atoms. The number of aromatic nitrogens is 2. The highest BCUT2D eigenvalue weighted by Crippen LogP contribution is 2.47. The van der Waals surface area contributed by atoms with Gasteiger partial charge in [0.1, 0.15) is 5.82 Å². The lowest BCUT2D eigenvalue weighted by Crippen LogP contribution is -2.45. The highest BCUT2D eigenvalue weighted by atomic mass is 16.5. The van der Waals surface area contributed by atoms with E-state index in [0.717, 1.165) is 85.4 Å². The number of imidazole rings is 1. The molecule has 1 amide bonds. The number of aliphatic carboxylic acids is 1. The molecule has 3 aliphatic rings. The maximum atomic E-state index is 12.7. The van der Waals surface area contributed by atoms with Gasteiger partial charge in [0.2, 0.25) is 0 Å². The van der Waals surface area contributed by atoms with E-state index in [9.17, 15) is 14.7 Å². The van der Waals surface area contributed by atoms with Gasteiger partial charge in [0.15, 0.2) is 0 Å². The highest BCUT2D eigenvalue weighted by molar-refractivity contribution is 5.95. The summed E-state index contributed by atoms with van der Waals surface area (Å²) in [6.45, 7) is 3.73. The molecule has 2 aromatic carbocycles. The fourth-order valence-electron chi connectivity index (χ4n) is 6.74. The number of hydrogen-bond acceptors (Lipinski definition) is 5. The van der Waals surface area contributed by atoms with Crippen LogP contribution in [0.25, 0.3) is 11.0 Å². The minimum Gasteiger partial charge on any atom is -0.481 e. The molecule has 1 saturated heterocycles. The van der Waals surface area contributed by atoms with E-state index < -0.39 is 11.9 Å². The second-order valence-corrected chi connectivity index (χ2v) is 11.3. The van der Waals surface area contributed by atoms with E-state index in [-0.39, 0.29) is 18.2 Å². The number of nitrogens with zero attached hydrogens (tertiary/aromatic N) is 3. The number of ether oxygens (including phenoxy) is 2. The van der Waals surface area contributed by atoms with Gasteiger partial charge in [0.05, 0.1) is 43.0 Å². The van der Waals surface area contributed by atoms with E-state index in [0.29, 0.717) is 11.8 Å². The Bertz CT molecular complexity index is 1350. The van der Waals surface area contributed by atoms with Gasteiger partial charge in [-0.05, 0) is 63.1 Å². The van der Waals surface area contributed by atoms with Crippen LogP contribution in [0.3, 0.4) is 0 Å². The molecular weight excluding hydrogens is 482 g/mol. The van der Waals surface area contributed by atoms with Crippen LogP contribution in [0.4, 0.5) is 10.5 Å². The van der Waals surface area contributed by atoms with Gasteiger partial charge in [-0.15, -0.1) is 0 Å². The summed E-state index contributed by atoms with van der Waals surface area (Å²) >= 11 is 0. The van der Waals surface area contributed by atoms with Gasteiger partial charge in [-0.3, -0.25) is 9.69 Å². The van der Waals surface area contributed by atoms with Crippen LogP contribution in [0, 0.1) is 5.41 Å². The van der Waals surface area contributed by atoms with Crippen molar-refractivity contribution in [1.29, 1.82) is 0 Å². The van der Waals surface area contributed by atoms with Crippen molar-refractivity contribution in [3.63, 3.8) is 0 Å². The normalized spacial score (nSPS) is 21.6. The summed E-state index contributed by atoms with van der Waals surface area (Å²) in [5.41, 5.74) is 4.88. The van der Waals surface area contributed by atoms with Crippen molar-refractivity contribution in [2.24, 2.45) is 5.41 Å². The first-order chi connectivity index (χ1) is 18.4. The third kappa shape index (κ3) is 4.15. The lowest BCUT2D eigenvalue weighted by molar-refractivity contribution is -0.138. The number of anilines is 1. The molecule has 2 fully saturated rings. The molecule has 1 aliphatic carbocycles. The first kappa shape index (κ1) is 24.9. The zero-order valence-corrected chi connectivity index (χ0v) is 22.1. The summed E-state index contributed by atoms with van der Waals surface area (Å²) in [6, 6.07) is 13.8. The molecule has 6 rings (SSSR count). The lowest BCUT2D eigenvalue weighted by Gasteiger charge is -2.46. The smallest absolute Gasteiger partial charge is 0.414 e. The summed E-state index contributed by atoms with van der Waals surface area (Å²) < 4.78 is 13.0. The van der Waals surface area contributed by atoms with E-state index in [2.05, 4.69) is 10.6 Å². The van der Waals surface area contributed by atoms with Crippen LogP contribution in [0.5, 0.6) is 0 Å². The molecular formula is C30H35N3O5. The average Bonchev–Trinajstić information content (AvgIpc) is 3.29. The van der Waals surface area contributed by atoms with E-state index >= 15 is 0 Å². The maximum absolute atomic E-state index is 12.7. The number of methoxy groups -OCH3 is 1. The van der Waals surface area contributed by atoms with Crippen LogP contribution >= 0.6 is 0 Å².